The molecule has 1 unspecified atom stereocenters. The van der Waals surface area contributed by atoms with E-state index in [1.165, 1.54) is 7.11 Å². The molecule has 1 heterocycles. The van der Waals surface area contributed by atoms with Gasteiger partial charge in [0.15, 0.2) is 0 Å². The Morgan fingerprint density at radius 2 is 1.79 bits per heavy atom. The van der Waals surface area contributed by atoms with E-state index in [0.717, 1.165) is 5.56 Å². The topological polar surface area (TPSA) is 82.5 Å². The molecule has 0 saturated carbocycles. The summed E-state index contributed by atoms with van der Waals surface area (Å²) in [6.45, 7) is 0. The minimum Gasteiger partial charge on any atom is -0.497 e. The first kappa shape index (κ1) is 19.2. The third-order valence-electron chi connectivity index (χ3n) is 4.39. The van der Waals surface area contributed by atoms with Crippen LogP contribution < -0.4 is 10.1 Å². The molecule has 7 nitrogen and oxygen atoms in total. The Bertz CT molecular complexity index is 979. The third-order valence-corrected chi connectivity index (χ3v) is 4.39. The fourth-order valence-corrected chi connectivity index (χ4v) is 2.86. The molecule has 0 spiro atoms. The zero-order chi connectivity index (χ0) is 20.1. The van der Waals surface area contributed by atoms with Gasteiger partial charge in [-0.2, -0.15) is 0 Å². The Morgan fingerprint density at radius 1 is 1.07 bits per heavy atom. The van der Waals surface area contributed by atoms with Crippen molar-refractivity contribution in [2.24, 2.45) is 7.05 Å². The molecule has 144 valence electrons. The summed E-state index contributed by atoms with van der Waals surface area (Å²) in [6.07, 6.45) is 3.50. The van der Waals surface area contributed by atoms with Crippen LogP contribution in [0.25, 0.3) is 0 Å². The Hall–Kier alpha value is -3.61. The summed E-state index contributed by atoms with van der Waals surface area (Å²) in [5.74, 6) is 0.641. The molecule has 0 aliphatic carbocycles. The van der Waals surface area contributed by atoms with Gasteiger partial charge in [-0.25, -0.2) is 9.78 Å². The average Bonchev–Trinajstić information content (AvgIpc) is 3.16. The number of carbonyl (C=O) groups excluding carboxylic acids is 2. The predicted molar refractivity (Wildman–Crippen MR) is 103 cm³/mol. The zero-order valence-corrected chi connectivity index (χ0v) is 15.9. The fourth-order valence-electron chi connectivity index (χ4n) is 2.86. The van der Waals surface area contributed by atoms with Crippen LogP contribution in [0.15, 0.2) is 60.9 Å². The highest BCUT2D eigenvalue weighted by molar-refractivity contribution is 5.96. The van der Waals surface area contributed by atoms with Crippen molar-refractivity contribution in [1.29, 1.82) is 0 Å². The van der Waals surface area contributed by atoms with E-state index in [1.807, 2.05) is 42.1 Å². The monoisotopic (exact) mass is 379 g/mol. The van der Waals surface area contributed by atoms with Gasteiger partial charge in [0.05, 0.1) is 19.8 Å². The van der Waals surface area contributed by atoms with Crippen LogP contribution in [-0.4, -0.2) is 35.6 Å². The second-order valence-electron chi connectivity index (χ2n) is 6.15. The van der Waals surface area contributed by atoms with Crippen LogP contribution in [0, 0.1) is 0 Å². The Morgan fingerprint density at radius 3 is 2.39 bits per heavy atom. The van der Waals surface area contributed by atoms with Gasteiger partial charge in [0.1, 0.15) is 17.6 Å². The van der Waals surface area contributed by atoms with E-state index in [-0.39, 0.29) is 5.91 Å². The Balaban J connectivity index is 1.90. The number of carbonyl (C=O) groups is 2. The molecule has 0 fully saturated rings. The number of rotatable bonds is 6. The van der Waals surface area contributed by atoms with Gasteiger partial charge in [0.2, 0.25) is 0 Å². The molecule has 1 atom stereocenters. The van der Waals surface area contributed by atoms with E-state index in [0.29, 0.717) is 22.7 Å². The maximum atomic E-state index is 12.8. The normalized spacial score (nSPS) is 11.5. The Labute approximate surface area is 162 Å². The van der Waals surface area contributed by atoms with Crippen LogP contribution in [0.2, 0.25) is 0 Å². The zero-order valence-electron chi connectivity index (χ0n) is 15.9. The predicted octanol–water partition coefficient (Wildman–Crippen LogP) is 2.73. The maximum Gasteiger partial charge on any atom is 0.337 e. The first-order valence-corrected chi connectivity index (χ1v) is 8.64. The van der Waals surface area contributed by atoms with Crippen molar-refractivity contribution in [3.05, 3.63) is 83.4 Å². The molecule has 0 radical (unpaired) electrons. The van der Waals surface area contributed by atoms with Crippen LogP contribution in [0.4, 0.5) is 0 Å². The molecular formula is C21H21N3O4. The van der Waals surface area contributed by atoms with Crippen LogP contribution in [0.5, 0.6) is 5.75 Å². The number of aryl methyl sites for hydroxylation is 1. The lowest BCUT2D eigenvalue weighted by Crippen LogP contribution is -2.31. The molecule has 3 rings (SSSR count). The lowest BCUT2D eigenvalue weighted by molar-refractivity contribution is 0.0600. The SMILES string of the molecule is COC(=O)c1ccc(C(=O)NC(c2cccc(OC)c2)c2nccn2C)cc1. The molecule has 0 aliphatic rings. The third kappa shape index (κ3) is 4.03. The Kier molecular flexibility index (Phi) is 5.74. The minimum atomic E-state index is -0.470. The summed E-state index contributed by atoms with van der Waals surface area (Å²) >= 11 is 0. The van der Waals surface area contributed by atoms with Crippen molar-refractivity contribution in [3.63, 3.8) is 0 Å². The van der Waals surface area contributed by atoms with Crippen molar-refractivity contribution < 1.29 is 19.1 Å². The van der Waals surface area contributed by atoms with Crippen LogP contribution in [0.3, 0.4) is 0 Å². The smallest absolute Gasteiger partial charge is 0.337 e. The standard InChI is InChI=1S/C21H21N3O4/c1-24-12-11-22-19(24)18(16-5-4-6-17(13-16)27-2)23-20(25)14-7-9-15(10-8-14)21(26)28-3/h4-13,18H,1-3H3,(H,23,25). The van der Waals surface area contributed by atoms with Crippen LogP contribution >= 0.6 is 0 Å². The van der Waals surface area contributed by atoms with Crippen molar-refractivity contribution in [3.8, 4) is 5.75 Å². The number of methoxy groups -OCH3 is 2. The molecule has 1 N–H and O–H groups in total. The van der Waals surface area contributed by atoms with Crippen molar-refractivity contribution in [1.82, 2.24) is 14.9 Å². The first-order chi connectivity index (χ1) is 13.5. The second kappa shape index (κ2) is 8.39. The number of benzene rings is 2. The summed E-state index contributed by atoms with van der Waals surface area (Å²) in [4.78, 5) is 28.8. The van der Waals surface area contributed by atoms with Crippen molar-refractivity contribution in [2.75, 3.05) is 14.2 Å². The van der Waals surface area contributed by atoms with E-state index < -0.39 is 12.0 Å². The van der Waals surface area contributed by atoms with Gasteiger partial charge < -0.3 is 19.4 Å². The summed E-state index contributed by atoms with van der Waals surface area (Å²) in [5, 5.41) is 3.01. The summed E-state index contributed by atoms with van der Waals surface area (Å²) < 4.78 is 11.8. The van der Waals surface area contributed by atoms with Gasteiger partial charge in [0.25, 0.3) is 5.91 Å². The summed E-state index contributed by atoms with van der Waals surface area (Å²) in [6, 6.07) is 13.3. The van der Waals surface area contributed by atoms with Gasteiger partial charge in [-0.3, -0.25) is 4.79 Å². The largest absolute Gasteiger partial charge is 0.497 e. The number of imidazole rings is 1. The number of nitrogens with zero attached hydrogens (tertiary/aromatic N) is 2. The number of nitrogens with one attached hydrogen (secondary N) is 1. The lowest BCUT2D eigenvalue weighted by Gasteiger charge is -2.20. The van der Waals surface area contributed by atoms with E-state index in [4.69, 9.17) is 4.74 Å². The maximum absolute atomic E-state index is 12.8. The second-order valence-corrected chi connectivity index (χ2v) is 6.15. The molecular weight excluding hydrogens is 358 g/mol. The highest BCUT2D eigenvalue weighted by atomic mass is 16.5. The summed E-state index contributed by atoms with van der Waals surface area (Å²) in [5.41, 5.74) is 1.65. The molecule has 0 aliphatic heterocycles. The molecule has 0 saturated heterocycles. The average molecular weight is 379 g/mol. The molecule has 28 heavy (non-hydrogen) atoms. The fraction of sp³-hybridized carbons (Fsp3) is 0.190. The first-order valence-electron chi connectivity index (χ1n) is 8.64. The number of esters is 1. The quantitative estimate of drug-likeness (QED) is 0.666. The molecule has 0 bridgehead atoms. The highest BCUT2D eigenvalue weighted by Gasteiger charge is 2.22. The number of aromatic nitrogens is 2. The number of amides is 1. The summed E-state index contributed by atoms with van der Waals surface area (Å²) in [7, 11) is 4.78. The van der Waals surface area contributed by atoms with Gasteiger partial charge in [0, 0.05) is 25.0 Å². The van der Waals surface area contributed by atoms with E-state index in [9.17, 15) is 9.59 Å². The molecule has 2 aromatic carbocycles. The molecule has 7 heteroatoms. The van der Waals surface area contributed by atoms with Crippen molar-refractivity contribution >= 4 is 11.9 Å². The van der Waals surface area contributed by atoms with Gasteiger partial charge in [-0.15, -0.1) is 0 Å². The van der Waals surface area contributed by atoms with Crippen molar-refractivity contribution in [2.45, 2.75) is 6.04 Å². The van der Waals surface area contributed by atoms with E-state index in [1.54, 1.807) is 37.6 Å². The van der Waals surface area contributed by atoms with Gasteiger partial charge >= 0.3 is 5.97 Å². The molecule has 3 aromatic rings. The number of ether oxygens (including phenoxy) is 2. The van der Waals surface area contributed by atoms with Crippen LogP contribution in [-0.2, 0) is 11.8 Å². The minimum absolute atomic E-state index is 0.285. The van der Waals surface area contributed by atoms with E-state index >= 15 is 0 Å². The number of hydrogen-bond acceptors (Lipinski definition) is 5. The van der Waals surface area contributed by atoms with Gasteiger partial charge in [-0.1, -0.05) is 12.1 Å². The number of hydrogen-bond donors (Lipinski definition) is 1. The van der Waals surface area contributed by atoms with E-state index in [2.05, 4.69) is 15.0 Å². The lowest BCUT2D eigenvalue weighted by atomic mass is 10.0. The highest BCUT2D eigenvalue weighted by Crippen LogP contribution is 2.24. The molecule has 1 aromatic heterocycles. The van der Waals surface area contributed by atoms with Gasteiger partial charge in [-0.05, 0) is 42.0 Å². The molecule has 1 amide bonds. The van der Waals surface area contributed by atoms with Crippen LogP contribution in [0.1, 0.15) is 38.1 Å².